The topological polar surface area (TPSA) is 86.4 Å². The maximum atomic E-state index is 11.0. The molecule has 0 saturated heterocycles. The van der Waals surface area contributed by atoms with Crippen molar-refractivity contribution >= 4 is 11.6 Å². The highest BCUT2D eigenvalue weighted by Crippen LogP contribution is 2.11. The SMILES string of the molecule is NCc1c(C(N)=O)nc2ccccn12. The standard InChI is InChI=1S/C9H10N4O/c10-5-6-8(9(11)14)12-7-3-1-2-4-13(6)7/h1-4H,5,10H2,(H2,11,14). The van der Waals surface area contributed by atoms with E-state index in [0.29, 0.717) is 11.3 Å². The average Bonchev–Trinajstić information content (AvgIpc) is 2.56. The number of carbonyl (C=O) groups excluding carboxylic acids is 1. The minimum atomic E-state index is -0.547. The van der Waals surface area contributed by atoms with Gasteiger partial charge < -0.3 is 15.9 Å². The lowest BCUT2D eigenvalue weighted by molar-refractivity contribution is 0.0995. The van der Waals surface area contributed by atoms with E-state index in [9.17, 15) is 4.79 Å². The van der Waals surface area contributed by atoms with Crippen molar-refractivity contribution in [2.24, 2.45) is 11.5 Å². The summed E-state index contributed by atoms with van der Waals surface area (Å²) in [6, 6.07) is 5.48. The number of nitrogens with zero attached hydrogens (tertiary/aromatic N) is 2. The number of fused-ring (bicyclic) bond motifs is 1. The van der Waals surface area contributed by atoms with E-state index in [1.807, 2.05) is 12.1 Å². The molecule has 0 aliphatic carbocycles. The molecule has 0 aliphatic rings. The van der Waals surface area contributed by atoms with Crippen molar-refractivity contribution in [1.82, 2.24) is 9.38 Å². The van der Waals surface area contributed by atoms with Crippen molar-refractivity contribution in [3.05, 3.63) is 35.8 Å². The first-order valence-electron chi connectivity index (χ1n) is 4.20. The van der Waals surface area contributed by atoms with E-state index >= 15 is 0 Å². The second kappa shape index (κ2) is 3.12. The van der Waals surface area contributed by atoms with Crippen LogP contribution in [0.4, 0.5) is 0 Å². The van der Waals surface area contributed by atoms with Crippen LogP contribution >= 0.6 is 0 Å². The van der Waals surface area contributed by atoms with Crippen LogP contribution in [0.5, 0.6) is 0 Å². The number of primary amides is 1. The van der Waals surface area contributed by atoms with Crippen molar-refractivity contribution in [3.63, 3.8) is 0 Å². The number of rotatable bonds is 2. The van der Waals surface area contributed by atoms with Crippen LogP contribution in [0.25, 0.3) is 5.65 Å². The third-order valence-electron chi connectivity index (χ3n) is 2.06. The molecule has 0 unspecified atom stereocenters. The number of nitrogens with two attached hydrogens (primary N) is 2. The van der Waals surface area contributed by atoms with Crippen LogP contribution in [-0.2, 0) is 6.54 Å². The molecule has 2 aromatic heterocycles. The Morgan fingerprint density at radius 1 is 1.50 bits per heavy atom. The summed E-state index contributed by atoms with van der Waals surface area (Å²) in [5, 5.41) is 0. The number of hydrogen-bond acceptors (Lipinski definition) is 3. The Bertz CT molecular complexity index is 489. The third-order valence-corrected chi connectivity index (χ3v) is 2.06. The summed E-state index contributed by atoms with van der Waals surface area (Å²) >= 11 is 0. The molecular formula is C9H10N4O. The van der Waals surface area contributed by atoms with Gasteiger partial charge in [-0.25, -0.2) is 4.98 Å². The Morgan fingerprint density at radius 2 is 2.29 bits per heavy atom. The first-order valence-corrected chi connectivity index (χ1v) is 4.20. The minimum Gasteiger partial charge on any atom is -0.364 e. The zero-order valence-electron chi connectivity index (χ0n) is 7.47. The van der Waals surface area contributed by atoms with E-state index in [1.54, 1.807) is 16.7 Å². The van der Waals surface area contributed by atoms with Crippen molar-refractivity contribution < 1.29 is 4.79 Å². The third kappa shape index (κ3) is 1.14. The molecule has 5 nitrogen and oxygen atoms in total. The van der Waals surface area contributed by atoms with Crippen molar-refractivity contribution in [1.29, 1.82) is 0 Å². The highest BCUT2D eigenvalue weighted by molar-refractivity contribution is 5.92. The molecule has 1 amide bonds. The van der Waals surface area contributed by atoms with Crippen LogP contribution in [0, 0.1) is 0 Å². The van der Waals surface area contributed by atoms with Crippen LogP contribution in [0.3, 0.4) is 0 Å². The lowest BCUT2D eigenvalue weighted by Crippen LogP contribution is -2.16. The fourth-order valence-corrected chi connectivity index (χ4v) is 1.44. The van der Waals surface area contributed by atoms with E-state index < -0.39 is 5.91 Å². The van der Waals surface area contributed by atoms with Crippen molar-refractivity contribution in [2.45, 2.75) is 6.54 Å². The molecule has 0 aliphatic heterocycles. The molecule has 0 radical (unpaired) electrons. The first-order chi connectivity index (χ1) is 6.74. The first kappa shape index (κ1) is 8.71. The quantitative estimate of drug-likeness (QED) is 0.692. The Balaban J connectivity index is 2.78. The van der Waals surface area contributed by atoms with Gasteiger partial charge in [-0.3, -0.25) is 4.79 Å². The average molecular weight is 190 g/mol. The van der Waals surface area contributed by atoms with Gasteiger partial charge in [0.25, 0.3) is 5.91 Å². The summed E-state index contributed by atoms with van der Waals surface area (Å²) in [5.74, 6) is -0.547. The summed E-state index contributed by atoms with van der Waals surface area (Å²) in [6.07, 6.45) is 1.80. The lowest BCUT2D eigenvalue weighted by Gasteiger charge is -1.97. The highest BCUT2D eigenvalue weighted by atomic mass is 16.1. The van der Waals surface area contributed by atoms with E-state index in [2.05, 4.69) is 4.98 Å². The molecule has 14 heavy (non-hydrogen) atoms. The Hall–Kier alpha value is -1.88. The van der Waals surface area contributed by atoms with E-state index in [0.717, 1.165) is 0 Å². The number of aromatic nitrogens is 2. The van der Waals surface area contributed by atoms with E-state index in [4.69, 9.17) is 11.5 Å². The van der Waals surface area contributed by atoms with Gasteiger partial charge in [0.1, 0.15) is 5.65 Å². The maximum Gasteiger partial charge on any atom is 0.269 e. The monoisotopic (exact) mass is 190 g/mol. The smallest absolute Gasteiger partial charge is 0.269 e. The highest BCUT2D eigenvalue weighted by Gasteiger charge is 2.14. The molecule has 72 valence electrons. The Morgan fingerprint density at radius 3 is 2.93 bits per heavy atom. The molecule has 2 rings (SSSR count). The van der Waals surface area contributed by atoms with Gasteiger partial charge in [0.05, 0.1) is 5.69 Å². The van der Waals surface area contributed by atoms with Gasteiger partial charge in [0.15, 0.2) is 5.69 Å². The summed E-state index contributed by atoms with van der Waals surface area (Å²) in [7, 11) is 0. The fourth-order valence-electron chi connectivity index (χ4n) is 1.44. The molecule has 4 N–H and O–H groups in total. The number of hydrogen-bond donors (Lipinski definition) is 2. The molecule has 5 heteroatoms. The maximum absolute atomic E-state index is 11.0. The summed E-state index contributed by atoms with van der Waals surface area (Å²) in [5.41, 5.74) is 12.3. The Labute approximate surface area is 80.3 Å². The summed E-state index contributed by atoms with van der Waals surface area (Å²) in [6.45, 7) is 0.240. The van der Waals surface area contributed by atoms with Crippen molar-refractivity contribution in [3.8, 4) is 0 Å². The van der Waals surface area contributed by atoms with Gasteiger partial charge in [-0.2, -0.15) is 0 Å². The lowest BCUT2D eigenvalue weighted by atomic mass is 10.3. The molecule has 0 spiro atoms. The zero-order chi connectivity index (χ0) is 10.1. The van der Waals surface area contributed by atoms with E-state index in [-0.39, 0.29) is 12.2 Å². The molecule has 0 bridgehead atoms. The normalized spacial score (nSPS) is 10.6. The molecular weight excluding hydrogens is 180 g/mol. The zero-order valence-corrected chi connectivity index (χ0v) is 7.47. The minimum absolute atomic E-state index is 0.240. The van der Waals surface area contributed by atoms with Gasteiger partial charge in [-0.15, -0.1) is 0 Å². The largest absolute Gasteiger partial charge is 0.364 e. The van der Waals surface area contributed by atoms with Gasteiger partial charge in [0, 0.05) is 12.7 Å². The van der Waals surface area contributed by atoms with Crippen LogP contribution in [0.15, 0.2) is 24.4 Å². The molecule has 0 fully saturated rings. The van der Waals surface area contributed by atoms with Gasteiger partial charge in [-0.05, 0) is 12.1 Å². The molecule has 2 aromatic rings. The van der Waals surface area contributed by atoms with E-state index in [1.165, 1.54) is 0 Å². The molecule has 0 saturated carbocycles. The predicted octanol–water partition coefficient (Wildman–Crippen LogP) is -0.108. The second-order valence-electron chi connectivity index (χ2n) is 2.90. The number of amides is 1. The summed E-state index contributed by atoms with van der Waals surface area (Å²) < 4.78 is 1.76. The van der Waals surface area contributed by atoms with Crippen LogP contribution in [-0.4, -0.2) is 15.3 Å². The fraction of sp³-hybridized carbons (Fsp3) is 0.111. The molecule has 0 aromatic carbocycles. The molecule has 2 heterocycles. The van der Waals surface area contributed by atoms with Crippen LogP contribution < -0.4 is 11.5 Å². The van der Waals surface area contributed by atoms with Gasteiger partial charge in [-0.1, -0.05) is 6.07 Å². The number of pyridine rings is 1. The van der Waals surface area contributed by atoms with Crippen molar-refractivity contribution in [2.75, 3.05) is 0 Å². The second-order valence-corrected chi connectivity index (χ2v) is 2.90. The summed E-state index contributed by atoms with van der Waals surface area (Å²) in [4.78, 5) is 15.1. The molecule has 0 atom stereocenters. The van der Waals surface area contributed by atoms with Crippen LogP contribution in [0.1, 0.15) is 16.2 Å². The van der Waals surface area contributed by atoms with Gasteiger partial charge in [0.2, 0.25) is 0 Å². The number of imidazole rings is 1. The van der Waals surface area contributed by atoms with Crippen LogP contribution in [0.2, 0.25) is 0 Å². The Kier molecular flexibility index (Phi) is 1.94. The number of carbonyl (C=O) groups is 1. The van der Waals surface area contributed by atoms with Gasteiger partial charge >= 0.3 is 0 Å². The predicted molar refractivity (Wildman–Crippen MR) is 51.6 cm³/mol.